The zero-order valence-corrected chi connectivity index (χ0v) is 9.91. The van der Waals surface area contributed by atoms with E-state index in [2.05, 4.69) is 10.3 Å². The molecule has 1 unspecified atom stereocenters. The molecule has 1 atom stereocenters. The lowest BCUT2D eigenvalue weighted by Crippen LogP contribution is -2.30. The Morgan fingerprint density at radius 3 is 3.00 bits per heavy atom. The minimum atomic E-state index is -3.02. The summed E-state index contributed by atoms with van der Waals surface area (Å²) in [5.74, 6) is 0.334. The Morgan fingerprint density at radius 1 is 1.50 bits per heavy atom. The summed E-state index contributed by atoms with van der Waals surface area (Å²) >= 11 is 0. The highest BCUT2D eigenvalue weighted by Crippen LogP contribution is 2.11. The van der Waals surface area contributed by atoms with E-state index in [9.17, 15) is 8.42 Å². The fraction of sp³-hybridized carbons (Fsp3) is 0.545. The second kappa shape index (κ2) is 4.93. The average molecular weight is 240 g/mol. The van der Waals surface area contributed by atoms with E-state index >= 15 is 0 Å². The first-order chi connectivity index (χ1) is 7.66. The number of aromatic nitrogens is 1. The Kier molecular flexibility index (Phi) is 3.56. The molecule has 0 bridgehead atoms. The maximum Gasteiger partial charge on any atom is 0.156 e. The van der Waals surface area contributed by atoms with Crippen molar-refractivity contribution in [1.82, 2.24) is 10.3 Å². The normalized spacial score (nSPS) is 21.1. The van der Waals surface area contributed by atoms with Gasteiger partial charge in [0.1, 0.15) is 0 Å². The third-order valence-electron chi connectivity index (χ3n) is 2.73. The molecule has 5 heteroatoms. The number of hydrogen-bond donors (Lipinski definition) is 1. The third kappa shape index (κ3) is 3.28. The maximum atomic E-state index is 11.9. The Balaban J connectivity index is 1.97. The number of sulfone groups is 1. The Hall–Kier alpha value is -0.940. The quantitative estimate of drug-likeness (QED) is 0.843. The van der Waals surface area contributed by atoms with Crippen molar-refractivity contribution in [3.05, 3.63) is 30.1 Å². The van der Waals surface area contributed by atoms with E-state index in [1.165, 1.54) is 0 Å². The topological polar surface area (TPSA) is 59.1 Å². The first-order valence-corrected chi connectivity index (χ1v) is 7.30. The second-order valence-electron chi connectivity index (χ2n) is 4.21. The Bertz CT molecular complexity index is 425. The second-order valence-corrected chi connectivity index (χ2v) is 6.32. The highest BCUT2D eigenvalue weighted by atomic mass is 32.2. The Morgan fingerprint density at radius 2 is 2.38 bits per heavy atom. The van der Waals surface area contributed by atoms with Crippen LogP contribution in [0.5, 0.6) is 0 Å². The third-order valence-corrected chi connectivity index (χ3v) is 4.41. The largest absolute Gasteiger partial charge is 0.313 e. The summed E-state index contributed by atoms with van der Waals surface area (Å²) in [7, 11) is -3.02. The molecule has 1 aromatic heterocycles. The molecule has 1 saturated heterocycles. The van der Waals surface area contributed by atoms with Gasteiger partial charge in [0.15, 0.2) is 9.84 Å². The summed E-state index contributed by atoms with van der Waals surface area (Å²) in [6, 6.07) is 3.70. The van der Waals surface area contributed by atoms with Crippen LogP contribution in [0.15, 0.2) is 24.5 Å². The lowest BCUT2D eigenvalue weighted by atomic mass is 10.3. The molecule has 88 valence electrons. The molecule has 0 radical (unpaired) electrons. The Labute approximate surface area is 96.0 Å². The van der Waals surface area contributed by atoms with Gasteiger partial charge in [0, 0.05) is 18.4 Å². The summed E-state index contributed by atoms with van der Waals surface area (Å²) in [6.45, 7) is 0.938. The fourth-order valence-corrected chi connectivity index (χ4v) is 3.70. The minimum Gasteiger partial charge on any atom is -0.313 e. The van der Waals surface area contributed by atoms with Crippen LogP contribution in [0, 0.1) is 0 Å². The van der Waals surface area contributed by atoms with Crippen molar-refractivity contribution in [2.24, 2.45) is 0 Å². The van der Waals surface area contributed by atoms with Gasteiger partial charge in [-0.2, -0.15) is 0 Å². The lowest BCUT2D eigenvalue weighted by Gasteiger charge is -2.10. The fourth-order valence-electron chi connectivity index (χ4n) is 2.00. The minimum absolute atomic E-state index is 0.0962. The molecule has 0 saturated carbocycles. The van der Waals surface area contributed by atoms with Crippen LogP contribution in [0.4, 0.5) is 0 Å². The van der Waals surface area contributed by atoms with Crippen LogP contribution in [0.3, 0.4) is 0 Å². The summed E-state index contributed by atoms with van der Waals surface area (Å²) in [6.07, 6.45) is 5.30. The standard InChI is InChI=1S/C11H16N2O2S/c14-16(15,9-11-4-2-6-13-11)8-10-3-1-5-12-7-10/h1,3,5,7,11,13H,2,4,6,8-9H2. The molecule has 1 aliphatic rings. The van der Waals surface area contributed by atoms with Gasteiger partial charge in [0.05, 0.1) is 11.5 Å². The van der Waals surface area contributed by atoms with Gasteiger partial charge in [-0.15, -0.1) is 0 Å². The van der Waals surface area contributed by atoms with E-state index in [-0.39, 0.29) is 17.5 Å². The molecule has 4 nitrogen and oxygen atoms in total. The van der Waals surface area contributed by atoms with E-state index in [0.29, 0.717) is 0 Å². The van der Waals surface area contributed by atoms with Gasteiger partial charge < -0.3 is 5.32 Å². The van der Waals surface area contributed by atoms with Crippen LogP contribution < -0.4 is 5.32 Å². The van der Waals surface area contributed by atoms with Gasteiger partial charge in [-0.25, -0.2) is 8.42 Å². The van der Waals surface area contributed by atoms with Crippen molar-refractivity contribution >= 4 is 9.84 Å². The van der Waals surface area contributed by atoms with Crippen molar-refractivity contribution in [3.8, 4) is 0 Å². The van der Waals surface area contributed by atoms with Gasteiger partial charge in [0.2, 0.25) is 0 Å². The number of hydrogen-bond acceptors (Lipinski definition) is 4. The molecular weight excluding hydrogens is 224 g/mol. The van der Waals surface area contributed by atoms with E-state index in [0.717, 1.165) is 24.9 Å². The lowest BCUT2D eigenvalue weighted by molar-refractivity contribution is 0.576. The highest BCUT2D eigenvalue weighted by molar-refractivity contribution is 7.90. The molecule has 16 heavy (non-hydrogen) atoms. The van der Waals surface area contributed by atoms with E-state index < -0.39 is 9.84 Å². The van der Waals surface area contributed by atoms with Gasteiger partial charge in [-0.3, -0.25) is 4.98 Å². The van der Waals surface area contributed by atoms with Crippen molar-refractivity contribution in [3.63, 3.8) is 0 Å². The zero-order valence-electron chi connectivity index (χ0n) is 9.09. The van der Waals surface area contributed by atoms with Crippen LogP contribution in [-0.4, -0.2) is 31.7 Å². The summed E-state index contributed by atoms with van der Waals surface area (Å²) < 4.78 is 23.8. The number of nitrogens with one attached hydrogen (secondary N) is 1. The average Bonchev–Trinajstić information content (AvgIpc) is 2.70. The zero-order chi connectivity index (χ0) is 11.4. The summed E-state index contributed by atoms with van der Waals surface area (Å²) in [4.78, 5) is 3.92. The molecule has 0 aromatic carbocycles. The number of rotatable bonds is 4. The molecule has 1 aromatic rings. The monoisotopic (exact) mass is 240 g/mol. The highest BCUT2D eigenvalue weighted by Gasteiger charge is 2.22. The molecule has 2 rings (SSSR count). The van der Waals surface area contributed by atoms with Crippen molar-refractivity contribution < 1.29 is 8.42 Å². The van der Waals surface area contributed by atoms with E-state index in [1.807, 2.05) is 0 Å². The summed E-state index contributed by atoms with van der Waals surface area (Å²) in [5.41, 5.74) is 0.764. The van der Waals surface area contributed by atoms with Crippen LogP contribution >= 0.6 is 0 Å². The number of pyridine rings is 1. The molecule has 0 spiro atoms. The molecule has 2 heterocycles. The van der Waals surface area contributed by atoms with E-state index in [4.69, 9.17) is 0 Å². The van der Waals surface area contributed by atoms with Crippen molar-refractivity contribution in [2.75, 3.05) is 12.3 Å². The molecule has 1 aliphatic heterocycles. The summed E-state index contributed by atoms with van der Waals surface area (Å²) in [5, 5.41) is 3.20. The van der Waals surface area contributed by atoms with Crippen LogP contribution in [-0.2, 0) is 15.6 Å². The van der Waals surface area contributed by atoms with Crippen LogP contribution in [0.1, 0.15) is 18.4 Å². The molecule has 1 fully saturated rings. The SMILES string of the molecule is O=S(=O)(Cc1cccnc1)CC1CCCN1. The molecule has 0 aliphatic carbocycles. The van der Waals surface area contributed by atoms with Crippen molar-refractivity contribution in [1.29, 1.82) is 0 Å². The number of nitrogens with zero attached hydrogens (tertiary/aromatic N) is 1. The molecule has 0 amide bonds. The predicted molar refractivity (Wildman–Crippen MR) is 62.8 cm³/mol. The molecule has 1 N–H and O–H groups in total. The van der Waals surface area contributed by atoms with Crippen LogP contribution in [0.25, 0.3) is 0 Å². The first-order valence-electron chi connectivity index (χ1n) is 5.48. The van der Waals surface area contributed by atoms with Gasteiger partial charge in [0.25, 0.3) is 0 Å². The van der Waals surface area contributed by atoms with Crippen LogP contribution in [0.2, 0.25) is 0 Å². The van der Waals surface area contributed by atoms with Gasteiger partial charge >= 0.3 is 0 Å². The maximum absolute atomic E-state index is 11.9. The van der Waals surface area contributed by atoms with Crippen molar-refractivity contribution in [2.45, 2.75) is 24.6 Å². The smallest absolute Gasteiger partial charge is 0.156 e. The predicted octanol–water partition coefficient (Wildman–Crippen LogP) is 0.748. The van der Waals surface area contributed by atoms with Gasteiger partial charge in [-0.05, 0) is 31.0 Å². The first kappa shape index (κ1) is 11.5. The molecular formula is C11H16N2O2S. The van der Waals surface area contributed by atoms with E-state index in [1.54, 1.807) is 24.5 Å². The van der Waals surface area contributed by atoms with Gasteiger partial charge in [-0.1, -0.05) is 6.07 Å².